The van der Waals surface area contributed by atoms with Gasteiger partial charge in [-0.1, -0.05) is 6.07 Å². The third kappa shape index (κ3) is 3.36. The number of amides is 1. The van der Waals surface area contributed by atoms with Crippen LogP contribution in [0.4, 0.5) is 8.78 Å². The average molecular weight is 323 g/mol. The van der Waals surface area contributed by atoms with Crippen LogP contribution in [0.3, 0.4) is 0 Å². The third-order valence-electron chi connectivity index (χ3n) is 3.36. The van der Waals surface area contributed by atoms with Crippen molar-refractivity contribution in [1.82, 2.24) is 15.1 Å². The molecule has 1 aromatic heterocycles. The van der Waals surface area contributed by atoms with Crippen LogP contribution in [0.25, 0.3) is 0 Å². The van der Waals surface area contributed by atoms with Gasteiger partial charge in [-0.25, -0.2) is 13.6 Å². The average Bonchev–Trinajstić information content (AvgIpc) is 2.80. The maximum atomic E-state index is 13.9. The maximum absolute atomic E-state index is 13.9. The van der Waals surface area contributed by atoms with E-state index >= 15 is 0 Å². The van der Waals surface area contributed by atoms with E-state index in [1.807, 2.05) is 0 Å². The van der Waals surface area contributed by atoms with E-state index in [2.05, 4.69) is 10.4 Å². The van der Waals surface area contributed by atoms with E-state index in [1.165, 1.54) is 13.1 Å². The molecule has 2 N–H and O–H groups in total. The molecule has 0 aliphatic heterocycles. The van der Waals surface area contributed by atoms with Crippen molar-refractivity contribution in [3.63, 3.8) is 0 Å². The van der Waals surface area contributed by atoms with E-state index in [1.54, 1.807) is 13.8 Å². The van der Waals surface area contributed by atoms with Crippen LogP contribution < -0.4 is 5.32 Å². The summed E-state index contributed by atoms with van der Waals surface area (Å²) in [6.07, 6.45) is 0. The second-order valence-electron chi connectivity index (χ2n) is 5.55. The lowest BCUT2D eigenvalue weighted by atomic mass is 9.93. The van der Waals surface area contributed by atoms with Crippen LogP contribution in [0, 0.1) is 11.6 Å². The Morgan fingerprint density at radius 3 is 2.43 bits per heavy atom. The fraction of sp³-hybridized carbons (Fsp3) is 0.267. The largest absolute Gasteiger partial charge is 0.476 e. The van der Waals surface area contributed by atoms with Gasteiger partial charge in [0.05, 0.1) is 5.54 Å². The zero-order valence-corrected chi connectivity index (χ0v) is 12.7. The number of aryl methyl sites for hydroxylation is 1. The minimum atomic E-state index is -1.26. The molecule has 122 valence electrons. The van der Waals surface area contributed by atoms with Gasteiger partial charge in [-0.2, -0.15) is 5.10 Å². The molecule has 0 saturated heterocycles. The number of halogens is 2. The highest BCUT2D eigenvalue weighted by atomic mass is 19.1. The summed E-state index contributed by atoms with van der Waals surface area (Å²) >= 11 is 0. The van der Waals surface area contributed by atoms with Crippen LogP contribution in [-0.2, 0) is 12.6 Å². The van der Waals surface area contributed by atoms with E-state index in [9.17, 15) is 18.4 Å². The number of hydrogen-bond acceptors (Lipinski definition) is 3. The molecular formula is C15H15F2N3O3. The summed E-state index contributed by atoms with van der Waals surface area (Å²) in [6, 6.07) is 4.19. The zero-order chi connectivity index (χ0) is 17.4. The van der Waals surface area contributed by atoms with Crippen LogP contribution in [0.1, 0.15) is 40.4 Å². The number of aromatic nitrogens is 2. The Morgan fingerprint density at radius 2 is 1.91 bits per heavy atom. The van der Waals surface area contributed by atoms with Crippen molar-refractivity contribution in [2.75, 3.05) is 0 Å². The van der Waals surface area contributed by atoms with E-state index in [-0.39, 0.29) is 17.0 Å². The second-order valence-corrected chi connectivity index (χ2v) is 5.55. The van der Waals surface area contributed by atoms with Gasteiger partial charge in [0, 0.05) is 24.7 Å². The highest BCUT2D eigenvalue weighted by molar-refractivity contribution is 5.96. The molecule has 0 bridgehead atoms. The number of carboxylic acids is 1. The fourth-order valence-electron chi connectivity index (χ4n) is 2.20. The summed E-state index contributed by atoms with van der Waals surface area (Å²) in [7, 11) is 1.42. The Hall–Kier alpha value is -2.77. The molecule has 0 fully saturated rings. The van der Waals surface area contributed by atoms with Crippen molar-refractivity contribution in [3.8, 4) is 0 Å². The minimum absolute atomic E-state index is 0.0120. The van der Waals surface area contributed by atoms with Crippen LogP contribution in [0.5, 0.6) is 0 Å². The van der Waals surface area contributed by atoms with E-state index in [0.717, 1.165) is 22.9 Å². The zero-order valence-electron chi connectivity index (χ0n) is 12.7. The van der Waals surface area contributed by atoms with Gasteiger partial charge in [-0.05, 0) is 19.9 Å². The van der Waals surface area contributed by atoms with Crippen molar-refractivity contribution < 1.29 is 23.5 Å². The van der Waals surface area contributed by atoms with Crippen molar-refractivity contribution in [1.29, 1.82) is 0 Å². The first-order valence-electron chi connectivity index (χ1n) is 6.67. The predicted molar refractivity (Wildman–Crippen MR) is 77.0 cm³/mol. The number of nitrogens with zero attached hydrogens (tertiary/aromatic N) is 2. The summed E-state index contributed by atoms with van der Waals surface area (Å²) in [4.78, 5) is 23.2. The Bertz CT molecular complexity index is 784. The minimum Gasteiger partial charge on any atom is -0.476 e. The number of carbonyl (C=O) groups excluding carboxylic acids is 1. The van der Waals surface area contributed by atoms with Gasteiger partial charge in [0.1, 0.15) is 17.3 Å². The Labute approximate surface area is 130 Å². The van der Waals surface area contributed by atoms with Crippen LogP contribution in [0.15, 0.2) is 24.3 Å². The van der Waals surface area contributed by atoms with Gasteiger partial charge in [0.15, 0.2) is 5.69 Å². The second kappa shape index (κ2) is 5.79. The number of rotatable bonds is 4. The first kappa shape index (κ1) is 16.6. The molecule has 0 spiro atoms. The number of carbonyl (C=O) groups is 2. The molecule has 0 saturated carbocycles. The topological polar surface area (TPSA) is 84.2 Å². The predicted octanol–water partition coefficient (Wildman–Crippen LogP) is 2.06. The smallest absolute Gasteiger partial charge is 0.356 e. The molecule has 0 unspecified atom stereocenters. The van der Waals surface area contributed by atoms with Gasteiger partial charge < -0.3 is 10.4 Å². The Morgan fingerprint density at radius 1 is 1.26 bits per heavy atom. The Kier molecular flexibility index (Phi) is 4.18. The third-order valence-corrected chi connectivity index (χ3v) is 3.36. The first-order valence-corrected chi connectivity index (χ1v) is 6.67. The van der Waals surface area contributed by atoms with E-state index in [4.69, 9.17) is 5.11 Å². The SMILES string of the molecule is Cn1nc(C(=O)O)cc1C(=O)NC(C)(C)c1ccc(F)cc1F. The quantitative estimate of drug-likeness (QED) is 0.902. The molecule has 0 aliphatic carbocycles. The highest BCUT2D eigenvalue weighted by Gasteiger charge is 2.28. The number of hydrogen-bond donors (Lipinski definition) is 2. The molecule has 6 nitrogen and oxygen atoms in total. The fourth-order valence-corrected chi connectivity index (χ4v) is 2.20. The molecular weight excluding hydrogens is 308 g/mol. The lowest BCUT2D eigenvalue weighted by Gasteiger charge is -2.27. The van der Waals surface area contributed by atoms with Gasteiger partial charge >= 0.3 is 5.97 Å². The molecule has 2 rings (SSSR count). The van der Waals surface area contributed by atoms with Crippen molar-refractivity contribution >= 4 is 11.9 Å². The summed E-state index contributed by atoms with van der Waals surface area (Å²) in [6.45, 7) is 3.10. The Balaban J connectivity index is 2.29. The van der Waals surface area contributed by atoms with Gasteiger partial charge in [0.25, 0.3) is 5.91 Å². The number of carboxylic acid groups (broad SMARTS) is 1. The summed E-state index contributed by atoms with van der Waals surface area (Å²) in [5.41, 5.74) is -1.29. The molecule has 1 heterocycles. The van der Waals surface area contributed by atoms with Crippen LogP contribution in [0.2, 0.25) is 0 Å². The first-order chi connectivity index (χ1) is 10.6. The lowest BCUT2D eigenvalue weighted by Crippen LogP contribution is -2.42. The standard InChI is InChI=1S/C15H15F2N3O3/c1-15(2,9-5-4-8(16)6-10(9)17)18-13(21)12-7-11(14(22)23)19-20(12)3/h4-7H,1-3H3,(H,18,21)(H,22,23). The number of aromatic carboxylic acids is 1. The van der Waals surface area contributed by atoms with E-state index < -0.39 is 29.0 Å². The van der Waals surface area contributed by atoms with Crippen molar-refractivity contribution in [3.05, 3.63) is 52.9 Å². The molecule has 2 aromatic rings. The van der Waals surface area contributed by atoms with Gasteiger partial charge in [0.2, 0.25) is 0 Å². The molecule has 1 amide bonds. The van der Waals surface area contributed by atoms with Gasteiger partial charge in [-0.15, -0.1) is 0 Å². The monoisotopic (exact) mass is 323 g/mol. The molecule has 0 aliphatic rings. The normalized spacial score (nSPS) is 11.3. The molecule has 0 radical (unpaired) electrons. The van der Waals surface area contributed by atoms with Gasteiger partial charge in [-0.3, -0.25) is 9.48 Å². The van der Waals surface area contributed by atoms with Crippen LogP contribution >= 0.6 is 0 Å². The van der Waals surface area contributed by atoms with Crippen molar-refractivity contribution in [2.24, 2.45) is 7.05 Å². The molecule has 0 atom stereocenters. The lowest BCUT2D eigenvalue weighted by molar-refractivity contribution is 0.0689. The highest BCUT2D eigenvalue weighted by Crippen LogP contribution is 2.24. The van der Waals surface area contributed by atoms with Crippen LogP contribution in [-0.4, -0.2) is 26.8 Å². The molecule has 23 heavy (non-hydrogen) atoms. The maximum Gasteiger partial charge on any atom is 0.356 e. The summed E-state index contributed by atoms with van der Waals surface area (Å²) in [5, 5.41) is 15.2. The molecule has 8 heteroatoms. The number of benzene rings is 1. The van der Waals surface area contributed by atoms with Crippen molar-refractivity contribution in [2.45, 2.75) is 19.4 Å². The molecule has 1 aromatic carbocycles. The summed E-state index contributed by atoms with van der Waals surface area (Å²) in [5.74, 6) is -3.39. The number of nitrogens with one attached hydrogen (secondary N) is 1. The van der Waals surface area contributed by atoms with E-state index in [0.29, 0.717) is 0 Å². The summed E-state index contributed by atoms with van der Waals surface area (Å²) < 4.78 is 28.0.